The number of rotatable bonds is 3. The minimum absolute atomic E-state index is 0.115. The molecule has 88 valence electrons. The maximum atomic E-state index is 11.3. The molecule has 0 bridgehead atoms. The molecule has 5 heteroatoms. The second kappa shape index (κ2) is 6.28. The molecule has 1 aromatic heterocycles. The first-order valence-corrected chi connectivity index (χ1v) is 5.12. The third-order valence-corrected chi connectivity index (χ3v) is 1.97. The van der Waals surface area contributed by atoms with Crippen LogP contribution in [0, 0.1) is 11.3 Å². The molecule has 0 amide bonds. The van der Waals surface area contributed by atoms with Gasteiger partial charge in [0, 0.05) is 13.2 Å². The number of esters is 1. The van der Waals surface area contributed by atoms with Gasteiger partial charge in [0.25, 0.3) is 0 Å². The molecule has 0 saturated heterocycles. The average Bonchev–Trinajstić information content (AvgIpc) is 2.32. The summed E-state index contributed by atoms with van der Waals surface area (Å²) in [5, 5.41) is 8.78. The Bertz CT molecular complexity index is 535. The molecule has 1 aromatic rings. The third kappa shape index (κ3) is 3.61. The van der Waals surface area contributed by atoms with Gasteiger partial charge in [0.1, 0.15) is 11.6 Å². The van der Waals surface area contributed by atoms with Gasteiger partial charge < -0.3 is 9.30 Å². The zero-order valence-electron chi connectivity index (χ0n) is 9.75. The average molecular weight is 231 g/mol. The highest BCUT2D eigenvalue weighted by atomic mass is 16.5. The zero-order chi connectivity index (χ0) is 12.7. The topological polar surface area (TPSA) is 67.4 Å². The summed E-state index contributed by atoms with van der Waals surface area (Å²) in [5.74, 6) is -0.655. The van der Waals surface area contributed by atoms with Crippen LogP contribution in [0.25, 0.3) is 0 Å². The lowest BCUT2D eigenvalue weighted by molar-refractivity contribution is -0.138. The molecule has 0 fully saturated rings. The summed E-state index contributed by atoms with van der Waals surface area (Å²) in [5.41, 5.74) is 0.528. The van der Waals surface area contributed by atoms with Crippen LogP contribution in [0.15, 0.2) is 41.2 Å². The Labute approximate surface area is 99.3 Å². The summed E-state index contributed by atoms with van der Waals surface area (Å²) in [6.45, 7) is 1.91. The van der Waals surface area contributed by atoms with Crippen molar-refractivity contribution in [3.63, 3.8) is 0 Å². The standard InChI is InChI=1S/C12H13N3O2/c1-3-17-12(16)10(8-13)9-14-11-6-4-5-7-15(11)2/h4-7,9H,3H2,1-2H3. The molecule has 0 N–H and O–H groups in total. The monoisotopic (exact) mass is 231 g/mol. The molecule has 0 saturated carbocycles. The highest BCUT2D eigenvalue weighted by molar-refractivity contribution is 5.92. The zero-order valence-corrected chi connectivity index (χ0v) is 9.75. The highest BCUT2D eigenvalue weighted by Crippen LogP contribution is 1.96. The number of hydrogen-bond acceptors (Lipinski definition) is 4. The van der Waals surface area contributed by atoms with Gasteiger partial charge in [-0.3, -0.25) is 0 Å². The molecular weight excluding hydrogens is 218 g/mol. The van der Waals surface area contributed by atoms with Gasteiger partial charge in [-0.25, -0.2) is 9.79 Å². The summed E-state index contributed by atoms with van der Waals surface area (Å²) < 4.78 is 6.49. The second-order valence-corrected chi connectivity index (χ2v) is 3.17. The third-order valence-electron chi connectivity index (χ3n) is 1.97. The lowest BCUT2D eigenvalue weighted by atomic mass is 10.3. The number of aromatic nitrogens is 1. The van der Waals surface area contributed by atoms with Crippen molar-refractivity contribution >= 4 is 5.97 Å². The molecule has 0 aliphatic rings. The molecule has 17 heavy (non-hydrogen) atoms. The van der Waals surface area contributed by atoms with E-state index in [1.54, 1.807) is 23.6 Å². The fourth-order valence-corrected chi connectivity index (χ4v) is 1.12. The summed E-state index contributed by atoms with van der Waals surface area (Å²) >= 11 is 0. The van der Waals surface area contributed by atoms with Crippen molar-refractivity contribution in [2.45, 2.75) is 6.92 Å². The molecule has 0 aromatic carbocycles. The van der Waals surface area contributed by atoms with Crippen molar-refractivity contribution in [2.24, 2.45) is 12.0 Å². The first-order chi connectivity index (χ1) is 8.19. The van der Waals surface area contributed by atoms with Gasteiger partial charge in [-0.2, -0.15) is 5.26 Å². The van der Waals surface area contributed by atoms with Crippen molar-refractivity contribution in [2.75, 3.05) is 6.61 Å². The SMILES string of the molecule is CCOC(=O)C(C#N)=CN=c1ccccn1C. The summed E-state index contributed by atoms with van der Waals surface area (Å²) in [7, 11) is 1.82. The normalized spacial score (nSPS) is 12.1. The van der Waals surface area contributed by atoms with Crippen molar-refractivity contribution in [3.05, 3.63) is 41.7 Å². The van der Waals surface area contributed by atoms with Gasteiger partial charge in [-0.15, -0.1) is 0 Å². The van der Waals surface area contributed by atoms with Crippen LogP contribution in [-0.4, -0.2) is 17.1 Å². The van der Waals surface area contributed by atoms with E-state index < -0.39 is 5.97 Å². The van der Waals surface area contributed by atoms with E-state index in [2.05, 4.69) is 4.99 Å². The van der Waals surface area contributed by atoms with Gasteiger partial charge in [0.05, 0.1) is 12.8 Å². The van der Waals surface area contributed by atoms with Crippen LogP contribution in [0.4, 0.5) is 0 Å². The van der Waals surface area contributed by atoms with E-state index in [1.807, 2.05) is 25.4 Å². The molecule has 0 aliphatic heterocycles. The van der Waals surface area contributed by atoms with Crippen molar-refractivity contribution in [1.29, 1.82) is 5.26 Å². The van der Waals surface area contributed by atoms with Gasteiger partial charge in [-0.05, 0) is 19.1 Å². The van der Waals surface area contributed by atoms with E-state index in [-0.39, 0.29) is 12.2 Å². The Morgan fingerprint density at radius 3 is 3.00 bits per heavy atom. The number of nitriles is 1. The van der Waals surface area contributed by atoms with Crippen molar-refractivity contribution in [3.8, 4) is 6.07 Å². The van der Waals surface area contributed by atoms with Crippen LogP contribution < -0.4 is 5.49 Å². The number of aryl methyl sites for hydroxylation is 1. The largest absolute Gasteiger partial charge is 0.462 e. The van der Waals surface area contributed by atoms with Crippen molar-refractivity contribution in [1.82, 2.24) is 4.57 Å². The van der Waals surface area contributed by atoms with E-state index >= 15 is 0 Å². The summed E-state index contributed by atoms with van der Waals surface area (Å²) in [6.07, 6.45) is 3.04. The first-order valence-electron chi connectivity index (χ1n) is 5.12. The van der Waals surface area contributed by atoms with Gasteiger partial charge >= 0.3 is 5.97 Å². The van der Waals surface area contributed by atoms with Crippen molar-refractivity contribution < 1.29 is 9.53 Å². The predicted molar refractivity (Wildman–Crippen MR) is 61.3 cm³/mol. The van der Waals surface area contributed by atoms with Crippen LogP contribution in [0.5, 0.6) is 0 Å². The fourth-order valence-electron chi connectivity index (χ4n) is 1.12. The Hall–Kier alpha value is -2.35. The molecule has 0 radical (unpaired) electrons. The highest BCUT2D eigenvalue weighted by Gasteiger charge is 2.08. The van der Waals surface area contributed by atoms with E-state index in [4.69, 9.17) is 10.00 Å². The Kier molecular flexibility index (Phi) is 4.70. The lowest BCUT2D eigenvalue weighted by Gasteiger charge is -1.98. The molecule has 0 aliphatic carbocycles. The van der Waals surface area contributed by atoms with Crippen LogP contribution >= 0.6 is 0 Å². The Morgan fingerprint density at radius 2 is 2.41 bits per heavy atom. The van der Waals surface area contributed by atoms with Crippen LogP contribution in [0.1, 0.15) is 6.92 Å². The fraction of sp³-hybridized carbons (Fsp3) is 0.250. The second-order valence-electron chi connectivity index (χ2n) is 3.17. The lowest BCUT2D eigenvalue weighted by Crippen LogP contribution is -2.15. The Balaban J connectivity index is 3.04. The van der Waals surface area contributed by atoms with E-state index in [9.17, 15) is 4.79 Å². The number of carbonyl (C=O) groups is 1. The number of nitrogens with zero attached hydrogens (tertiary/aromatic N) is 3. The first kappa shape index (κ1) is 12.7. The maximum Gasteiger partial charge on any atom is 0.350 e. The predicted octanol–water partition coefficient (Wildman–Crippen LogP) is 0.896. The van der Waals surface area contributed by atoms with Gasteiger partial charge in [0.15, 0.2) is 5.57 Å². The number of hydrogen-bond donors (Lipinski definition) is 0. The number of ether oxygens (including phenoxy) is 1. The maximum absolute atomic E-state index is 11.3. The smallest absolute Gasteiger partial charge is 0.350 e. The molecule has 0 spiro atoms. The van der Waals surface area contributed by atoms with Crippen LogP contribution in [0.3, 0.4) is 0 Å². The number of pyridine rings is 1. The quantitative estimate of drug-likeness (QED) is 0.441. The van der Waals surface area contributed by atoms with E-state index in [0.717, 1.165) is 0 Å². The molecule has 5 nitrogen and oxygen atoms in total. The molecule has 1 heterocycles. The van der Waals surface area contributed by atoms with E-state index in [0.29, 0.717) is 5.49 Å². The molecule has 1 rings (SSSR count). The minimum atomic E-state index is -0.655. The molecule has 0 atom stereocenters. The Morgan fingerprint density at radius 1 is 1.65 bits per heavy atom. The van der Waals surface area contributed by atoms with Gasteiger partial charge in [-0.1, -0.05) is 6.07 Å². The summed E-state index contributed by atoms with van der Waals surface area (Å²) in [4.78, 5) is 15.4. The summed E-state index contributed by atoms with van der Waals surface area (Å²) in [6, 6.07) is 7.22. The minimum Gasteiger partial charge on any atom is -0.462 e. The van der Waals surface area contributed by atoms with E-state index in [1.165, 1.54) is 6.20 Å². The van der Waals surface area contributed by atoms with Crippen LogP contribution in [0.2, 0.25) is 0 Å². The molecular formula is C12H13N3O2. The van der Waals surface area contributed by atoms with Crippen LogP contribution in [-0.2, 0) is 16.6 Å². The number of carbonyl (C=O) groups excluding carboxylic acids is 1. The van der Waals surface area contributed by atoms with Gasteiger partial charge in [0.2, 0.25) is 0 Å². The molecule has 0 unspecified atom stereocenters.